The fourth-order valence-corrected chi connectivity index (χ4v) is 3.83. The fourth-order valence-electron chi connectivity index (χ4n) is 2.17. The van der Waals surface area contributed by atoms with Gasteiger partial charge in [0, 0.05) is 34.0 Å². The quantitative estimate of drug-likeness (QED) is 0.615. The van der Waals surface area contributed by atoms with Crippen molar-refractivity contribution in [1.29, 1.82) is 0 Å². The monoisotopic (exact) mass is 391 g/mol. The van der Waals surface area contributed by atoms with Crippen LogP contribution in [-0.2, 0) is 11.8 Å². The van der Waals surface area contributed by atoms with Crippen molar-refractivity contribution in [2.75, 3.05) is 11.8 Å². The van der Waals surface area contributed by atoms with Crippen molar-refractivity contribution < 1.29 is 0 Å². The van der Waals surface area contributed by atoms with Crippen LogP contribution in [0.25, 0.3) is 0 Å². The van der Waals surface area contributed by atoms with Crippen molar-refractivity contribution in [1.82, 2.24) is 4.98 Å². The van der Waals surface area contributed by atoms with E-state index >= 15 is 0 Å². The molecule has 2 rings (SSSR count). The molecule has 0 saturated heterocycles. The summed E-state index contributed by atoms with van der Waals surface area (Å²) >= 11 is 22.3. The van der Waals surface area contributed by atoms with Gasteiger partial charge in [0.15, 0.2) is 0 Å². The van der Waals surface area contributed by atoms with Gasteiger partial charge in [0.2, 0.25) is 0 Å². The number of alkyl halides is 2. The van der Waals surface area contributed by atoms with Gasteiger partial charge in [-0.2, -0.15) is 0 Å². The molecular weight excluding hydrogens is 380 g/mol. The van der Waals surface area contributed by atoms with Crippen molar-refractivity contribution in [3.63, 3.8) is 0 Å². The maximum atomic E-state index is 6.27. The van der Waals surface area contributed by atoms with E-state index in [2.05, 4.69) is 20.9 Å². The van der Waals surface area contributed by atoms with Crippen LogP contribution in [0.1, 0.15) is 11.1 Å². The number of hydrogen-bond donors (Lipinski definition) is 0. The van der Waals surface area contributed by atoms with Crippen LogP contribution in [0, 0.1) is 0 Å². The Kier molecular flexibility index (Phi) is 5.74. The second kappa shape index (κ2) is 7.13. The van der Waals surface area contributed by atoms with E-state index in [1.54, 1.807) is 12.4 Å². The van der Waals surface area contributed by atoms with Gasteiger partial charge in [-0.15, -0.1) is 23.2 Å². The Labute approximate surface area is 142 Å². The molecule has 0 amide bonds. The SMILES string of the molecule is ClCC(CCl)(Cc1ccncc1Cl)c1ccccc1Br. The molecule has 5 heteroatoms. The van der Waals surface area contributed by atoms with Crippen LogP contribution in [0.15, 0.2) is 47.2 Å². The molecule has 1 heterocycles. The Bertz CT molecular complexity index is 585. The van der Waals surface area contributed by atoms with Crippen molar-refractivity contribution in [3.05, 3.63) is 63.3 Å². The minimum absolute atomic E-state index is 0.367. The van der Waals surface area contributed by atoms with Gasteiger partial charge in [-0.3, -0.25) is 4.98 Å². The average molecular weight is 394 g/mol. The van der Waals surface area contributed by atoms with E-state index < -0.39 is 0 Å². The van der Waals surface area contributed by atoms with Gasteiger partial charge in [0.25, 0.3) is 0 Å². The normalized spacial score (nSPS) is 11.6. The third-order valence-electron chi connectivity index (χ3n) is 3.34. The first kappa shape index (κ1) is 16.1. The number of pyridine rings is 1. The standard InChI is InChI=1S/C15H13BrCl3N/c16-13-4-2-1-3-12(13)15(9-17,10-18)7-11-5-6-20-8-14(11)19/h1-6,8H,7,9-10H2. The number of hydrogen-bond acceptors (Lipinski definition) is 1. The molecule has 0 aliphatic heterocycles. The molecule has 0 N–H and O–H groups in total. The minimum atomic E-state index is -0.367. The maximum absolute atomic E-state index is 6.27. The lowest BCUT2D eigenvalue weighted by molar-refractivity contribution is 0.533. The summed E-state index contributed by atoms with van der Waals surface area (Å²) in [5.41, 5.74) is 1.73. The Hall–Kier alpha value is -0.280. The van der Waals surface area contributed by atoms with Crippen molar-refractivity contribution in [3.8, 4) is 0 Å². The van der Waals surface area contributed by atoms with E-state index in [0.717, 1.165) is 15.6 Å². The molecule has 106 valence electrons. The number of nitrogens with zero attached hydrogens (tertiary/aromatic N) is 1. The molecular formula is C15H13BrCl3N. The molecule has 0 bridgehead atoms. The predicted octanol–water partition coefficient (Wildman–Crippen LogP) is 5.46. The second-order valence-electron chi connectivity index (χ2n) is 4.67. The molecule has 0 unspecified atom stereocenters. The first-order valence-electron chi connectivity index (χ1n) is 6.08. The van der Waals surface area contributed by atoms with Crippen molar-refractivity contribution in [2.24, 2.45) is 0 Å². The summed E-state index contributed by atoms with van der Waals surface area (Å²) in [6.07, 6.45) is 4.04. The molecule has 1 aromatic carbocycles. The molecule has 0 fully saturated rings. The van der Waals surface area contributed by atoms with Crippen LogP contribution in [0.5, 0.6) is 0 Å². The highest BCUT2D eigenvalue weighted by Gasteiger charge is 2.33. The average Bonchev–Trinajstić information content (AvgIpc) is 2.48. The zero-order valence-corrected chi connectivity index (χ0v) is 14.5. The van der Waals surface area contributed by atoms with E-state index in [-0.39, 0.29) is 5.41 Å². The zero-order chi connectivity index (χ0) is 14.6. The first-order valence-corrected chi connectivity index (χ1v) is 8.32. The van der Waals surface area contributed by atoms with E-state index in [1.165, 1.54) is 0 Å². The van der Waals surface area contributed by atoms with E-state index in [0.29, 0.717) is 23.2 Å². The summed E-state index contributed by atoms with van der Waals surface area (Å²) in [7, 11) is 0. The van der Waals surface area contributed by atoms with Crippen LogP contribution >= 0.6 is 50.7 Å². The largest absolute Gasteiger partial charge is 0.263 e. The van der Waals surface area contributed by atoms with Crippen LogP contribution in [-0.4, -0.2) is 16.7 Å². The molecule has 2 aromatic rings. The molecule has 0 aliphatic carbocycles. The topological polar surface area (TPSA) is 12.9 Å². The molecule has 20 heavy (non-hydrogen) atoms. The predicted molar refractivity (Wildman–Crippen MR) is 90.2 cm³/mol. The van der Waals surface area contributed by atoms with Gasteiger partial charge >= 0.3 is 0 Å². The molecule has 0 aliphatic rings. The van der Waals surface area contributed by atoms with Crippen LogP contribution in [0.4, 0.5) is 0 Å². The summed E-state index contributed by atoms with van der Waals surface area (Å²) < 4.78 is 1.01. The van der Waals surface area contributed by atoms with Crippen LogP contribution < -0.4 is 0 Å². The van der Waals surface area contributed by atoms with Crippen molar-refractivity contribution >= 4 is 50.7 Å². The Balaban J connectivity index is 2.46. The Morgan fingerprint density at radius 2 is 1.80 bits per heavy atom. The van der Waals surface area contributed by atoms with Crippen LogP contribution in [0.3, 0.4) is 0 Å². The zero-order valence-electron chi connectivity index (χ0n) is 10.6. The second-order valence-corrected chi connectivity index (χ2v) is 6.47. The number of benzene rings is 1. The van der Waals surface area contributed by atoms with Gasteiger partial charge in [0.1, 0.15) is 0 Å². The maximum Gasteiger partial charge on any atom is 0.0621 e. The molecule has 0 atom stereocenters. The highest BCUT2D eigenvalue weighted by Crippen LogP contribution is 2.37. The number of rotatable bonds is 5. The lowest BCUT2D eigenvalue weighted by Crippen LogP contribution is -2.34. The fraction of sp³-hybridized carbons (Fsp3) is 0.267. The number of aromatic nitrogens is 1. The third kappa shape index (κ3) is 3.30. The smallest absolute Gasteiger partial charge is 0.0621 e. The Morgan fingerprint density at radius 1 is 1.10 bits per heavy atom. The van der Waals surface area contributed by atoms with Gasteiger partial charge in [-0.25, -0.2) is 0 Å². The molecule has 0 radical (unpaired) electrons. The van der Waals surface area contributed by atoms with Crippen molar-refractivity contribution in [2.45, 2.75) is 11.8 Å². The van der Waals surface area contributed by atoms with Gasteiger partial charge in [-0.1, -0.05) is 45.7 Å². The van der Waals surface area contributed by atoms with E-state index in [1.807, 2.05) is 30.3 Å². The highest BCUT2D eigenvalue weighted by atomic mass is 79.9. The van der Waals surface area contributed by atoms with E-state index in [9.17, 15) is 0 Å². The lowest BCUT2D eigenvalue weighted by Gasteiger charge is -2.31. The summed E-state index contributed by atoms with van der Waals surface area (Å²) in [5.74, 6) is 0.829. The minimum Gasteiger partial charge on any atom is -0.263 e. The van der Waals surface area contributed by atoms with Gasteiger partial charge < -0.3 is 0 Å². The summed E-state index contributed by atoms with van der Waals surface area (Å²) in [4.78, 5) is 4.01. The lowest BCUT2D eigenvalue weighted by atomic mass is 9.79. The van der Waals surface area contributed by atoms with Crippen LogP contribution in [0.2, 0.25) is 5.02 Å². The summed E-state index contributed by atoms with van der Waals surface area (Å²) in [6, 6.07) is 9.91. The van der Waals surface area contributed by atoms with E-state index in [4.69, 9.17) is 34.8 Å². The first-order chi connectivity index (χ1) is 9.63. The summed E-state index contributed by atoms with van der Waals surface area (Å²) in [5, 5.41) is 0.638. The third-order valence-corrected chi connectivity index (χ3v) is 5.40. The molecule has 0 saturated carbocycles. The Morgan fingerprint density at radius 3 is 2.40 bits per heavy atom. The molecule has 1 aromatic heterocycles. The number of halogens is 4. The van der Waals surface area contributed by atoms with Gasteiger partial charge in [-0.05, 0) is 29.7 Å². The summed E-state index contributed by atoms with van der Waals surface area (Å²) in [6.45, 7) is 0. The molecule has 0 spiro atoms. The van der Waals surface area contributed by atoms with Gasteiger partial charge in [0.05, 0.1) is 5.02 Å². The highest BCUT2D eigenvalue weighted by molar-refractivity contribution is 9.10. The molecule has 1 nitrogen and oxygen atoms in total.